The summed E-state index contributed by atoms with van der Waals surface area (Å²) in [5.41, 5.74) is 2.40. The van der Waals surface area contributed by atoms with E-state index in [0.717, 1.165) is 19.3 Å². The summed E-state index contributed by atoms with van der Waals surface area (Å²) in [6.07, 6.45) is 3.90. The summed E-state index contributed by atoms with van der Waals surface area (Å²) in [5.74, 6) is -1.34. The fourth-order valence-corrected chi connectivity index (χ4v) is 1.54. The molecule has 102 valence electrons. The van der Waals surface area contributed by atoms with Crippen molar-refractivity contribution in [1.82, 2.24) is 5.48 Å². The fraction of sp³-hybridized carbons (Fsp3) is 0.917. The topological polar surface area (TPSA) is 78.8 Å². The first kappa shape index (κ1) is 16.5. The monoisotopic (exact) mass is 247 g/mol. The minimum atomic E-state index is -1.30. The van der Waals surface area contributed by atoms with Crippen molar-refractivity contribution in [2.24, 2.45) is 5.92 Å². The molecule has 1 unspecified atom stereocenters. The number of nitrogens with one attached hydrogen (secondary N) is 1. The van der Waals surface area contributed by atoms with Crippen molar-refractivity contribution in [2.75, 3.05) is 6.61 Å². The molecule has 0 saturated carbocycles. The Morgan fingerprint density at radius 2 is 2.12 bits per heavy atom. The molecule has 0 aliphatic heterocycles. The molecule has 5 nitrogen and oxygen atoms in total. The van der Waals surface area contributed by atoms with E-state index in [1.54, 1.807) is 0 Å². The largest absolute Gasteiger partial charge is 0.394 e. The quantitative estimate of drug-likeness (QED) is 0.305. The van der Waals surface area contributed by atoms with Crippen molar-refractivity contribution >= 4 is 6.29 Å². The van der Waals surface area contributed by atoms with E-state index in [1.165, 1.54) is 0 Å². The lowest BCUT2D eigenvalue weighted by Gasteiger charge is -2.33. The van der Waals surface area contributed by atoms with E-state index in [1.807, 2.05) is 13.8 Å². The van der Waals surface area contributed by atoms with E-state index in [0.29, 0.717) is 12.7 Å². The van der Waals surface area contributed by atoms with Gasteiger partial charge in [-0.2, -0.15) is 5.48 Å². The van der Waals surface area contributed by atoms with Crippen molar-refractivity contribution in [1.29, 1.82) is 0 Å². The SMILES string of the molecule is CCCC[C@H](C)C(O)(CC)ON[C@H](C=O)CO. The van der Waals surface area contributed by atoms with Gasteiger partial charge in [-0.3, -0.25) is 4.84 Å². The number of aliphatic hydroxyl groups is 2. The van der Waals surface area contributed by atoms with Crippen LogP contribution in [0.5, 0.6) is 0 Å². The molecule has 3 atom stereocenters. The molecule has 0 aliphatic rings. The molecule has 5 heteroatoms. The highest BCUT2D eigenvalue weighted by Crippen LogP contribution is 2.26. The highest BCUT2D eigenvalue weighted by atomic mass is 16.7. The van der Waals surface area contributed by atoms with Crippen LogP contribution in [0.3, 0.4) is 0 Å². The molecule has 0 aromatic carbocycles. The van der Waals surface area contributed by atoms with E-state index < -0.39 is 11.8 Å². The Morgan fingerprint density at radius 1 is 1.47 bits per heavy atom. The summed E-state index contributed by atoms with van der Waals surface area (Å²) < 4.78 is 0. The highest BCUT2D eigenvalue weighted by Gasteiger charge is 2.33. The van der Waals surface area contributed by atoms with Crippen LogP contribution in [-0.2, 0) is 9.63 Å². The molecule has 0 bridgehead atoms. The lowest BCUT2D eigenvalue weighted by atomic mass is 9.93. The van der Waals surface area contributed by atoms with E-state index in [2.05, 4.69) is 12.4 Å². The summed E-state index contributed by atoms with van der Waals surface area (Å²) in [5, 5.41) is 19.1. The summed E-state index contributed by atoms with van der Waals surface area (Å²) in [6, 6.07) is -0.800. The molecular weight excluding hydrogens is 222 g/mol. The third-order valence-corrected chi connectivity index (χ3v) is 3.02. The maximum atomic E-state index is 10.5. The molecule has 0 aromatic heterocycles. The van der Waals surface area contributed by atoms with Crippen molar-refractivity contribution in [3.63, 3.8) is 0 Å². The Balaban J connectivity index is 4.29. The van der Waals surface area contributed by atoms with Crippen LogP contribution in [0.4, 0.5) is 0 Å². The van der Waals surface area contributed by atoms with Gasteiger partial charge in [-0.05, 0) is 6.42 Å². The first-order valence-corrected chi connectivity index (χ1v) is 6.26. The van der Waals surface area contributed by atoms with Gasteiger partial charge >= 0.3 is 0 Å². The average Bonchev–Trinajstić information content (AvgIpc) is 2.36. The van der Waals surface area contributed by atoms with Gasteiger partial charge in [-0.25, -0.2) is 0 Å². The maximum absolute atomic E-state index is 10.5. The minimum absolute atomic E-state index is 0.0362. The van der Waals surface area contributed by atoms with Gasteiger partial charge in [0, 0.05) is 12.3 Å². The van der Waals surface area contributed by atoms with Crippen molar-refractivity contribution in [3.05, 3.63) is 0 Å². The number of unbranched alkanes of at least 4 members (excludes halogenated alkanes) is 1. The van der Waals surface area contributed by atoms with Crippen LogP contribution in [0.2, 0.25) is 0 Å². The number of carbonyl (C=O) groups excluding carboxylic acids is 1. The molecule has 0 saturated heterocycles. The number of hydrogen-bond donors (Lipinski definition) is 3. The lowest BCUT2D eigenvalue weighted by Crippen LogP contribution is -2.47. The smallest absolute Gasteiger partial charge is 0.187 e. The fourth-order valence-electron chi connectivity index (χ4n) is 1.54. The van der Waals surface area contributed by atoms with Gasteiger partial charge in [0.05, 0.1) is 6.61 Å². The van der Waals surface area contributed by atoms with Crippen molar-refractivity contribution in [2.45, 2.75) is 58.3 Å². The molecule has 0 aromatic rings. The van der Waals surface area contributed by atoms with Crippen LogP contribution in [0.1, 0.15) is 46.5 Å². The standard InChI is InChI=1S/C12H25NO4/c1-4-6-7-10(3)12(16,5-2)17-13-11(8-14)9-15/h8,10-11,13,15-16H,4-7,9H2,1-3H3/t10-,11+,12?/m0/s1. The lowest BCUT2D eigenvalue weighted by molar-refractivity contribution is -0.273. The number of carbonyl (C=O) groups is 1. The third-order valence-electron chi connectivity index (χ3n) is 3.02. The molecule has 17 heavy (non-hydrogen) atoms. The van der Waals surface area contributed by atoms with Crippen LogP contribution in [0.25, 0.3) is 0 Å². The highest BCUT2D eigenvalue weighted by molar-refractivity contribution is 5.57. The minimum Gasteiger partial charge on any atom is -0.394 e. The Morgan fingerprint density at radius 3 is 2.53 bits per heavy atom. The molecule has 3 N–H and O–H groups in total. The Bertz CT molecular complexity index is 213. The predicted octanol–water partition coefficient (Wildman–Crippen LogP) is 0.992. The molecule has 0 radical (unpaired) electrons. The summed E-state index contributed by atoms with van der Waals surface area (Å²) in [7, 11) is 0. The van der Waals surface area contributed by atoms with Gasteiger partial charge in [-0.1, -0.05) is 33.6 Å². The second-order valence-electron chi connectivity index (χ2n) is 4.39. The van der Waals surface area contributed by atoms with Gasteiger partial charge in [0.2, 0.25) is 0 Å². The van der Waals surface area contributed by atoms with Crippen LogP contribution < -0.4 is 5.48 Å². The normalized spacial score (nSPS) is 18.4. The van der Waals surface area contributed by atoms with Crippen molar-refractivity contribution in [3.8, 4) is 0 Å². The Hall–Kier alpha value is -0.490. The average molecular weight is 247 g/mol. The van der Waals surface area contributed by atoms with Crippen LogP contribution in [-0.4, -0.2) is 34.9 Å². The number of aldehydes is 1. The number of aliphatic hydroxyl groups excluding tert-OH is 1. The van der Waals surface area contributed by atoms with Crippen LogP contribution in [0, 0.1) is 5.92 Å². The summed E-state index contributed by atoms with van der Waals surface area (Å²) in [4.78, 5) is 15.7. The first-order valence-electron chi connectivity index (χ1n) is 6.26. The van der Waals surface area contributed by atoms with Crippen LogP contribution in [0.15, 0.2) is 0 Å². The number of rotatable bonds is 10. The zero-order valence-corrected chi connectivity index (χ0v) is 11.0. The molecule has 0 rings (SSSR count). The number of hydroxylamine groups is 1. The number of hydrogen-bond acceptors (Lipinski definition) is 5. The zero-order chi connectivity index (χ0) is 13.3. The summed E-state index contributed by atoms with van der Waals surface area (Å²) >= 11 is 0. The second-order valence-corrected chi connectivity index (χ2v) is 4.39. The van der Waals surface area contributed by atoms with Gasteiger partial charge in [0.15, 0.2) is 5.79 Å². The van der Waals surface area contributed by atoms with Gasteiger partial charge in [-0.15, -0.1) is 0 Å². The molecule has 0 amide bonds. The molecule has 0 spiro atoms. The van der Waals surface area contributed by atoms with Gasteiger partial charge in [0.1, 0.15) is 12.3 Å². The van der Waals surface area contributed by atoms with E-state index in [-0.39, 0.29) is 12.5 Å². The van der Waals surface area contributed by atoms with Gasteiger partial charge in [0.25, 0.3) is 0 Å². The first-order chi connectivity index (χ1) is 8.03. The van der Waals surface area contributed by atoms with Crippen LogP contribution >= 0.6 is 0 Å². The summed E-state index contributed by atoms with van der Waals surface area (Å²) in [6.45, 7) is 5.46. The van der Waals surface area contributed by atoms with E-state index in [9.17, 15) is 9.90 Å². The second kappa shape index (κ2) is 8.58. The molecule has 0 aliphatic carbocycles. The maximum Gasteiger partial charge on any atom is 0.187 e. The molecule has 0 heterocycles. The molecular formula is C12H25NO4. The Labute approximate surface area is 103 Å². The van der Waals surface area contributed by atoms with Gasteiger partial charge < -0.3 is 15.0 Å². The molecule has 0 fully saturated rings. The predicted molar refractivity (Wildman–Crippen MR) is 65.1 cm³/mol. The zero-order valence-electron chi connectivity index (χ0n) is 11.0. The van der Waals surface area contributed by atoms with E-state index >= 15 is 0 Å². The Kier molecular flexibility index (Phi) is 8.33. The van der Waals surface area contributed by atoms with Crippen molar-refractivity contribution < 1.29 is 19.8 Å². The van der Waals surface area contributed by atoms with E-state index in [4.69, 9.17) is 9.94 Å². The third kappa shape index (κ3) is 5.59.